The summed E-state index contributed by atoms with van der Waals surface area (Å²) < 4.78 is 0. The summed E-state index contributed by atoms with van der Waals surface area (Å²) in [7, 11) is 0. The molecule has 3 aliphatic heterocycles. The molecule has 0 unspecified atom stereocenters. The van der Waals surface area contributed by atoms with Crippen molar-refractivity contribution in [2.75, 3.05) is 45.8 Å². The molecule has 4 rings (SSSR count). The average Bonchev–Trinajstić information content (AvgIpc) is 2.79. The van der Waals surface area contributed by atoms with E-state index < -0.39 is 0 Å². The fourth-order valence-electron chi connectivity index (χ4n) is 5.47. The smallest absolute Gasteiger partial charge is 0.226 e. The lowest BCUT2D eigenvalue weighted by atomic mass is 9.91. The van der Waals surface area contributed by atoms with E-state index in [0.717, 1.165) is 38.4 Å². The molecule has 1 atom stereocenters. The number of benzene rings is 1. The maximum Gasteiger partial charge on any atom is 0.226 e. The van der Waals surface area contributed by atoms with Crippen molar-refractivity contribution < 1.29 is 4.79 Å². The maximum absolute atomic E-state index is 13.1. The van der Waals surface area contributed by atoms with Gasteiger partial charge in [0.2, 0.25) is 5.91 Å². The van der Waals surface area contributed by atoms with Gasteiger partial charge >= 0.3 is 0 Å². The van der Waals surface area contributed by atoms with Gasteiger partial charge in [-0.05, 0) is 76.1 Å². The largest absolute Gasteiger partial charge is 0.342 e. The van der Waals surface area contributed by atoms with Crippen LogP contribution in [-0.2, 0) is 11.2 Å². The molecule has 3 aliphatic rings. The summed E-state index contributed by atoms with van der Waals surface area (Å²) in [4.78, 5) is 20.5. The van der Waals surface area contributed by atoms with Crippen molar-refractivity contribution in [1.29, 1.82) is 0 Å². The van der Waals surface area contributed by atoms with Crippen molar-refractivity contribution in [1.82, 2.24) is 14.7 Å². The Morgan fingerprint density at radius 1 is 0.931 bits per heavy atom. The number of nitrogens with zero attached hydrogens (tertiary/aromatic N) is 3. The molecule has 0 saturated carbocycles. The second-order valence-corrected chi connectivity index (χ2v) is 9.65. The third-order valence-corrected chi connectivity index (χ3v) is 7.53. The minimum Gasteiger partial charge on any atom is -0.342 e. The second-order valence-electron chi connectivity index (χ2n) is 9.65. The molecule has 0 N–H and O–H groups in total. The molecule has 3 saturated heterocycles. The molecule has 29 heavy (non-hydrogen) atoms. The first-order valence-electron chi connectivity index (χ1n) is 12.0. The van der Waals surface area contributed by atoms with Crippen molar-refractivity contribution in [2.45, 2.75) is 57.9 Å². The van der Waals surface area contributed by atoms with Gasteiger partial charge in [0.1, 0.15) is 0 Å². The number of carbonyl (C=O) groups is 1. The zero-order chi connectivity index (χ0) is 20.1. The number of carbonyl (C=O) groups excluding carboxylic acids is 1. The van der Waals surface area contributed by atoms with Crippen LogP contribution in [0.2, 0.25) is 0 Å². The lowest BCUT2D eigenvalue weighted by Gasteiger charge is -2.43. The molecule has 3 fully saturated rings. The summed E-state index contributed by atoms with van der Waals surface area (Å²) >= 11 is 0. The van der Waals surface area contributed by atoms with E-state index in [1.54, 1.807) is 0 Å². The maximum atomic E-state index is 13.1. The summed E-state index contributed by atoms with van der Waals surface area (Å²) in [6, 6.07) is 11.5. The molecule has 0 spiro atoms. The van der Waals surface area contributed by atoms with Crippen molar-refractivity contribution in [3.8, 4) is 0 Å². The highest BCUT2D eigenvalue weighted by atomic mass is 16.2. The summed E-state index contributed by atoms with van der Waals surface area (Å²) in [6.07, 6.45) is 8.33. The number of hydrogen-bond donors (Lipinski definition) is 0. The highest BCUT2D eigenvalue weighted by Gasteiger charge is 2.34. The van der Waals surface area contributed by atoms with E-state index >= 15 is 0 Å². The van der Waals surface area contributed by atoms with Crippen LogP contribution in [0.3, 0.4) is 0 Å². The van der Waals surface area contributed by atoms with E-state index in [0.29, 0.717) is 11.9 Å². The number of rotatable bonds is 5. The van der Waals surface area contributed by atoms with Crippen LogP contribution in [0, 0.1) is 11.8 Å². The van der Waals surface area contributed by atoms with E-state index in [2.05, 4.69) is 52.0 Å². The number of likely N-dealkylation sites (tertiary alicyclic amines) is 3. The zero-order valence-corrected chi connectivity index (χ0v) is 18.3. The fraction of sp³-hybridized carbons (Fsp3) is 0.720. The van der Waals surface area contributed by atoms with Crippen LogP contribution in [0.5, 0.6) is 0 Å². The number of hydrogen-bond acceptors (Lipinski definition) is 3. The Kier molecular flexibility index (Phi) is 7.25. The van der Waals surface area contributed by atoms with Gasteiger partial charge in [-0.25, -0.2) is 0 Å². The minimum atomic E-state index is 0.244. The minimum absolute atomic E-state index is 0.244. The molecular formula is C25H39N3O. The predicted octanol–water partition coefficient (Wildman–Crippen LogP) is 3.66. The van der Waals surface area contributed by atoms with Gasteiger partial charge in [0.15, 0.2) is 0 Å². The monoisotopic (exact) mass is 397 g/mol. The van der Waals surface area contributed by atoms with Gasteiger partial charge in [0, 0.05) is 32.2 Å². The fourth-order valence-corrected chi connectivity index (χ4v) is 5.47. The molecule has 0 aliphatic carbocycles. The van der Waals surface area contributed by atoms with E-state index in [-0.39, 0.29) is 5.92 Å². The summed E-state index contributed by atoms with van der Waals surface area (Å²) in [5.41, 5.74) is 1.44. The quantitative estimate of drug-likeness (QED) is 0.759. The van der Waals surface area contributed by atoms with Crippen molar-refractivity contribution in [3.63, 3.8) is 0 Å². The number of piperidine rings is 3. The van der Waals surface area contributed by atoms with Crippen molar-refractivity contribution in [2.24, 2.45) is 11.8 Å². The summed E-state index contributed by atoms with van der Waals surface area (Å²) in [5, 5.41) is 0. The lowest BCUT2D eigenvalue weighted by Crippen LogP contribution is -2.52. The zero-order valence-electron chi connectivity index (χ0n) is 18.3. The molecule has 160 valence electrons. The third-order valence-electron chi connectivity index (χ3n) is 7.53. The van der Waals surface area contributed by atoms with Crippen molar-refractivity contribution in [3.05, 3.63) is 35.9 Å². The molecule has 3 heterocycles. The van der Waals surface area contributed by atoms with Crippen LogP contribution in [0.25, 0.3) is 0 Å². The Labute approximate surface area is 177 Å². The Morgan fingerprint density at radius 3 is 2.38 bits per heavy atom. The van der Waals surface area contributed by atoms with Crippen LogP contribution in [-0.4, -0.2) is 72.5 Å². The van der Waals surface area contributed by atoms with Crippen LogP contribution in [0.1, 0.15) is 51.0 Å². The lowest BCUT2D eigenvalue weighted by molar-refractivity contribution is -0.139. The van der Waals surface area contributed by atoms with E-state index in [1.165, 1.54) is 63.8 Å². The van der Waals surface area contributed by atoms with Gasteiger partial charge in [-0.15, -0.1) is 0 Å². The first-order chi connectivity index (χ1) is 14.2. The Morgan fingerprint density at radius 2 is 1.66 bits per heavy atom. The van der Waals surface area contributed by atoms with Crippen LogP contribution in [0.15, 0.2) is 30.3 Å². The molecule has 0 bridgehead atoms. The van der Waals surface area contributed by atoms with Gasteiger partial charge in [0.25, 0.3) is 0 Å². The average molecular weight is 398 g/mol. The molecule has 1 aromatic carbocycles. The van der Waals surface area contributed by atoms with Crippen LogP contribution in [0.4, 0.5) is 0 Å². The van der Waals surface area contributed by atoms with Gasteiger partial charge in [-0.3, -0.25) is 9.69 Å². The van der Waals surface area contributed by atoms with Crippen molar-refractivity contribution >= 4 is 5.91 Å². The van der Waals surface area contributed by atoms with Crippen LogP contribution < -0.4 is 0 Å². The Bertz CT molecular complexity index is 633. The SMILES string of the molecule is CC1CCN(C(=O)[C@@H]2CCCN(C3CCN(CCc4ccccc4)CC3)C2)CC1. The molecule has 0 aromatic heterocycles. The highest BCUT2D eigenvalue weighted by molar-refractivity contribution is 5.79. The Hall–Kier alpha value is -1.39. The van der Waals surface area contributed by atoms with Gasteiger partial charge in [0.05, 0.1) is 5.92 Å². The first kappa shape index (κ1) is 20.9. The number of amides is 1. The van der Waals surface area contributed by atoms with E-state index in [4.69, 9.17) is 0 Å². The molecule has 4 nitrogen and oxygen atoms in total. The standard InChI is InChI=1S/C25H39N3O/c1-21-9-18-27(19-10-21)25(29)23-8-5-14-28(20-23)24-12-16-26(17-13-24)15-11-22-6-3-2-4-7-22/h2-4,6-7,21,23-24H,5,8-20H2,1H3/t23-/m1/s1. The second kappa shape index (κ2) is 10.1. The summed E-state index contributed by atoms with van der Waals surface area (Å²) in [5.74, 6) is 1.48. The molecule has 4 heteroatoms. The summed E-state index contributed by atoms with van der Waals surface area (Å²) in [6.45, 7) is 10.1. The van der Waals surface area contributed by atoms with Gasteiger partial charge in [-0.1, -0.05) is 37.3 Å². The molecular weight excluding hydrogens is 358 g/mol. The third kappa shape index (κ3) is 5.61. The topological polar surface area (TPSA) is 26.8 Å². The molecule has 1 amide bonds. The van der Waals surface area contributed by atoms with Gasteiger partial charge < -0.3 is 9.80 Å². The first-order valence-corrected chi connectivity index (χ1v) is 12.0. The Balaban J connectivity index is 1.22. The normalized spacial score (nSPS) is 26.0. The van der Waals surface area contributed by atoms with Gasteiger partial charge in [-0.2, -0.15) is 0 Å². The van der Waals surface area contributed by atoms with Crippen LogP contribution >= 0.6 is 0 Å². The molecule has 0 radical (unpaired) electrons. The van der Waals surface area contributed by atoms with E-state index in [1.807, 2.05) is 0 Å². The molecule has 1 aromatic rings. The predicted molar refractivity (Wildman–Crippen MR) is 119 cm³/mol. The highest BCUT2D eigenvalue weighted by Crippen LogP contribution is 2.27. The van der Waals surface area contributed by atoms with E-state index in [9.17, 15) is 4.79 Å².